The number of carboxylic acid groups (broad SMARTS) is 1. The minimum atomic E-state index is -1.50. The van der Waals surface area contributed by atoms with E-state index < -0.39 is 54.0 Å². The zero-order valence-corrected chi connectivity index (χ0v) is 18.1. The van der Waals surface area contributed by atoms with Crippen molar-refractivity contribution in [2.75, 3.05) is 0 Å². The van der Waals surface area contributed by atoms with E-state index in [0.717, 1.165) is 0 Å². The monoisotopic (exact) mass is 416 g/mol. The van der Waals surface area contributed by atoms with Gasteiger partial charge in [0.1, 0.15) is 12.1 Å². The molecule has 0 aromatic heterocycles. The molecule has 0 aromatic rings. The first-order valence-electron chi connectivity index (χ1n) is 9.89. The van der Waals surface area contributed by atoms with Crippen molar-refractivity contribution in [2.45, 2.75) is 84.7 Å². The highest BCUT2D eigenvalue weighted by Crippen LogP contribution is 2.11. The Bertz CT molecular complexity index is 579. The minimum absolute atomic E-state index is 0.0154. The van der Waals surface area contributed by atoms with Crippen LogP contribution in [0.5, 0.6) is 0 Å². The van der Waals surface area contributed by atoms with Crippen molar-refractivity contribution in [3.05, 3.63) is 0 Å². The molecule has 29 heavy (non-hydrogen) atoms. The topological polar surface area (TPSA) is 171 Å². The van der Waals surface area contributed by atoms with E-state index in [0.29, 0.717) is 6.42 Å². The van der Waals surface area contributed by atoms with Crippen molar-refractivity contribution in [3.8, 4) is 0 Å². The van der Waals surface area contributed by atoms with Gasteiger partial charge in [0, 0.05) is 0 Å². The molecule has 7 N–H and O–H groups in total. The standard InChI is InChI=1S/C19H36N4O6/c1-7-10(4)14(22-16(25)11(5)20)18(27)21-13(8-9(2)3)17(26)23-15(12(6)24)19(28)29/h9-15,24H,7-8,20H2,1-6H3,(H,21,27)(H,22,25)(H,23,26)(H,28,29). The average Bonchev–Trinajstić information content (AvgIpc) is 2.61. The summed E-state index contributed by atoms with van der Waals surface area (Å²) in [5.74, 6) is -3.36. The second kappa shape index (κ2) is 12.4. The summed E-state index contributed by atoms with van der Waals surface area (Å²) in [6.07, 6.45) is -0.468. The maximum Gasteiger partial charge on any atom is 0.328 e. The molecule has 10 nitrogen and oxygen atoms in total. The summed E-state index contributed by atoms with van der Waals surface area (Å²) in [7, 11) is 0. The molecule has 0 aliphatic carbocycles. The van der Waals surface area contributed by atoms with Crippen LogP contribution in [0.2, 0.25) is 0 Å². The summed E-state index contributed by atoms with van der Waals surface area (Å²) in [6, 6.07) is -4.22. The molecule has 10 heteroatoms. The van der Waals surface area contributed by atoms with Gasteiger partial charge >= 0.3 is 5.97 Å². The number of amides is 3. The summed E-state index contributed by atoms with van der Waals surface area (Å²) in [4.78, 5) is 48.7. The van der Waals surface area contributed by atoms with Gasteiger partial charge in [-0.3, -0.25) is 14.4 Å². The predicted molar refractivity (Wildman–Crippen MR) is 108 cm³/mol. The van der Waals surface area contributed by atoms with E-state index in [1.165, 1.54) is 13.8 Å². The molecule has 0 bridgehead atoms. The van der Waals surface area contributed by atoms with E-state index in [1.807, 2.05) is 20.8 Å². The minimum Gasteiger partial charge on any atom is -0.480 e. The molecule has 0 rings (SSSR count). The van der Waals surface area contributed by atoms with Gasteiger partial charge in [-0.1, -0.05) is 34.1 Å². The molecule has 0 heterocycles. The number of carboxylic acids is 1. The smallest absolute Gasteiger partial charge is 0.328 e. The SMILES string of the molecule is CCC(C)C(NC(=O)C(C)N)C(=O)NC(CC(C)C)C(=O)NC(C(=O)O)C(C)O. The number of aliphatic hydroxyl groups excluding tert-OH is 1. The Morgan fingerprint density at radius 2 is 1.38 bits per heavy atom. The quantitative estimate of drug-likeness (QED) is 0.245. The number of hydrogen-bond donors (Lipinski definition) is 6. The maximum absolute atomic E-state index is 12.8. The number of aliphatic hydroxyl groups is 1. The molecule has 0 aliphatic rings. The average molecular weight is 417 g/mol. The van der Waals surface area contributed by atoms with E-state index in [9.17, 15) is 24.3 Å². The third-order valence-electron chi connectivity index (χ3n) is 4.59. The maximum atomic E-state index is 12.8. The van der Waals surface area contributed by atoms with E-state index in [2.05, 4.69) is 16.0 Å². The van der Waals surface area contributed by atoms with E-state index in [-0.39, 0.29) is 18.3 Å². The van der Waals surface area contributed by atoms with Gasteiger partial charge in [0.05, 0.1) is 12.1 Å². The molecular formula is C19H36N4O6. The largest absolute Gasteiger partial charge is 0.480 e. The van der Waals surface area contributed by atoms with Crippen molar-refractivity contribution in [2.24, 2.45) is 17.6 Å². The fourth-order valence-corrected chi connectivity index (χ4v) is 2.59. The predicted octanol–water partition coefficient (Wildman–Crippen LogP) is -0.654. The van der Waals surface area contributed by atoms with E-state index in [4.69, 9.17) is 10.8 Å². The highest BCUT2D eigenvalue weighted by molar-refractivity contribution is 5.94. The molecule has 0 aromatic carbocycles. The summed E-state index contributed by atoms with van der Waals surface area (Å²) in [5.41, 5.74) is 5.57. The number of hydrogen-bond acceptors (Lipinski definition) is 6. The summed E-state index contributed by atoms with van der Waals surface area (Å²) in [6.45, 7) is 10.1. The van der Waals surface area contributed by atoms with Crippen LogP contribution in [0, 0.1) is 11.8 Å². The number of nitrogens with two attached hydrogens (primary N) is 1. The Kier molecular flexibility index (Phi) is 11.4. The zero-order valence-electron chi connectivity index (χ0n) is 18.1. The highest BCUT2D eigenvalue weighted by atomic mass is 16.4. The third-order valence-corrected chi connectivity index (χ3v) is 4.59. The molecule has 0 aliphatic heterocycles. The third kappa shape index (κ3) is 9.23. The molecule has 0 fully saturated rings. The number of carbonyl (C=O) groups excluding carboxylic acids is 3. The molecular weight excluding hydrogens is 380 g/mol. The van der Waals surface area contributed by atoms with Crippen LogP contribution in [0.3, 0.4) is 0 Å². The first-order chi connectivity index (χ1) is 13.3. The molecule has 0 radical (unpaired) electrons. The molecule has 0 saturated heterocycles. The molecule has 0 saturated carbocycles. The van der Waals surface area contributed by atoms with Crippen molar-refractivity contribution < 1.29 is 29.4 Å². The molecule has 3 amide bonds. The van der Waals surface area contributed by atoms with Gasteiger partial charge in [-0.15, -0.1) is 0 Å². The first kappa shape index (κ1) is 26.8. The number of carbonyl (C=O) groups is 4. The lowest BCUT2D eigenvalue weighted by Crippen LogP contribution is -2.59. The molecule has 6 unspecified atom stereocenters. The van der Waals surface area contributed by atoms with E-state index >= 15 is 0 Å². The van der Waals surface area contributed by atoms with Gasteiger partial charge in [0.15, 0.2) is 6.04 Å². The lowest BCUT2D eigenvalue weighted by Gasteiger charge is -2.28. The fourth-order valence-electron chi connectivity index (χ4n) is 2.59. The number of nitrogens with one attached hydrogen (secondary N) is 3. The van der Waals surface area contributed by atoms with Gasteiger partial charge in [-0.05, 0) is 32.1 Å². The molecule has 0 spiro atoms. The van der Waals surface area contributed by atoms with Crippen LogP contribution in [-0.2, 0) is 19.2 Å². The van der Waals surface area contributed by atoms with Crippen molar-refractivity contribution >= 4 is 23.7 Å². The zero-order chi connectivity index (χ0) is 22.9. The Labute approximate surface area is 172 Å². The lowest BCUT2D eigenvalue weighted by molar-refractivity contribution is -0.145. The fraction of sp³-hybridized carbons (Fsp3) is 0.789. The summed E-state index contributed by atoms with van der Waals surface area (Å²) < 4.78 is 0. The Morgan fingerprint density at radius 1 is 0.862 bits per heavy atom. The first-order valence-corrected chi connectivity index (χ1v) is 9.89. The van der Waals surface area contributed by atoms with Gasteiger partial charge in [0.25, 0.3) is 0 Å². The van der Waals surface area contributed by atoms with Crippen molar-refractivity contribution in [1.82, 2.24) is 16.0 Å². The highest BCUT2D eigenvalue weighted by Gasteiger charge is 2.33. The summed E-state index contributed by atoms with van der Waals surface area (Å²) >= 11 is 0. The van der Waals surface area contributed by atoms with Crippen LogP contribution in [0.15, 0.2) is 0 Å². The van der Waals surface area contributed by atoms with Crippen LogP contribution in [0.25, 0.3) is 0 Å². The number of rotatable bonds is 12. The van der Waals surface area contributed by atoms with Crippen LogP contribution >= 0.6 is 0 Å². The van der Waals surface area contributed by atoms with Crippen LogP contribution < -0.4 is 21.7 Å². The van der Waals surface area contributed by atoms with Gasteiger partial charge in [-0.25, -0.2) is 4.79 Å². The van der Waals surface area contributed by atoms with Crippen molar-refractivity contribution in [3.63, 3.8) is 0 Å². The Morgan fingerprint density at radius 3 is 1.76 bits per heavy atom. The van der Waals surface area contributed by atoms with Crippen LogP contribution in [0.1, 0.15) is 54.4 Å². The van der Waals surface area contributed by atoms with Crippen molar-refractivity contribution in [1.29, 1.82) is 0 Å². The second-order valence-electron chi connectivity index (χ2n) is 7.92. The Balaban J connectivity index is 5.49. The lowest BCUT2D eigenvalue weighted by atomic mass is 9.96. The summed E-state index contributed by atoms with van der Waals surface area (Å²) in [5, 5.41) is 26.2. The van der Waals surface area contributed by atoms with E-state index in [1.54, 1.807) is 6.92 Å². The van der Waals surface area contributed by atoms with Crippen LogP contribution in [0.4, 0.5) is 0 Å². The second-order valence-corrected chi connectivity index (χ2v) is 7.92. The normalized spacial score (nSPS) is 17.4. The molecule has 6 atom stereocenters. The van der Waals surface area contributed by atoms with Gasteiger partial charge < -0.3 is 31.9 Å². The van der Waals surface area contributed by atoms with Gasteiger partial charge in [-0.2, -0.15) is 0 Å². The van der Waals surface area contributed by atoms with Crippen LogP contribution in [-0.4, -0.2) is 64.2 Å². The molecule has 168 valence electrons. The number of aliphatic carboxylic acids is 1. The Hall–Kier alpha value is -2.20. The van der Waals surface area contributed by atoms with Gasteiger partial charge in [0.2, 0.25) is 17.7 Å².